The topological polar surface area (TPSA) is 50.2 Å². The summed E-state index contributed by atoms with van der Waals surface area (Å²) in [6.07, 6.45) is 6.39. The van der Waals surface area contributed by atoms with E-state index in [1.807, 2.05) is 10.7 Å². The Balaban J connectivity index is 1.36. The molecular formula is C26H29FN4O. The minimum absolute atomic E-state index is 0.139. The molecule has 1 amide bonds. The van der Waals surface area contributed by atoms with Crippen LogP contribution in [0.2, 0.25) is 0 Å². The third-order valence-electron chi connectivity index (χ3n) is 6.62. The first-order valence-corrected chi connectivity index (χ1v) is 11.6. The van der Waals surface area contributed by atoms with Gasteiger partial charge in [-0.15, -0.1) is 0 Å². The van der Waals surface area contributed by atoms with Gasteiger partial charge in [0, 0.05) is 24.3 Å². The van der Waals surface area contributed by atoms with Crippen molar-refractivity contribution < 1.29 is 9.18 Å². The molecule has 2 aromatic carbocycles. The summed E-state index contributed by atoms with van der Waals surface area (Å²) in [4.78, 5) is 15.7. The van der Waals surface area contributed by atoms with Crippen molar-refractivity contribution in [2.24, 2.45) is 0 Å². The van der Waals surface area contributed by atoms with Crippen molar-refractivity contribution in [2.75, 3.05) is 13.1 Å². The van der Waals surface area contributed by atoms with Gasteiger partial charge in [-0.25, -0.2) is 9.07 Å². The zero-order valence-corrected chi connectivity index (χ0v) is 18.3. The number of halogens is 1. The Hall–Kier alpha value is -2.99. The lowest BCUT2D eigenvalue weighted by Crippen LogP contribution is -2.26. The first-order valence-electron chi connectivity index (χ1n) is 11.6. The Morgan fingerprint density at radius 3 is 2.44 bits per heavy atom. The molecule has 0 bridgehead atoms. The number of carbonyl (C=O) groups excluding carboxylic acids is 1. The van der Waals surface area contributed by atoms with Crippen LogP contribution in [0.3, 0.4) is 0 Å². The molecule has 3 aromatic rings. The van der Waals surface area contributed by atoms with Gasteiger partial charge in [-0.05, 0) is 87.0 Å². The Kier molecular flexibility index (Phi) is 6.04. The molecule has 1 saturated heterocycles. The molecule has 0 saturated carbocycles. The predicted octanol–water partition coefficient (Wildman–Crippen LogP) is 4.42. The van der Waals surface area contributed by atoms with Crippen molar-refractivity contribution in [2.45, 2.75) is 51.6 Å². The molecule has 0 unspecified atom stereocenters. The van der Waals surface area contributed by atoms with Crippen LogP contribution in [-0.4, -0.2) is 33.7 Å². The maximum Gasteiger partial charge on any atom is 0.272 e. The largest absolute Gasteiger partial charge is 0.347 e. The summed E-state index contributed by atoms with van der Waals surface area (Å²) in [5.74, 6) is -0.416. The summed E-state index contributed by atoms with van der Waals surface area (Å²) in [6.45, 7) is 3.71. The molecule has 1 N–H and O–H groups in total. The van der Waals surface area contributed by atoms with Gasteiger partial charge >= 0.3 is 0 Å². The number of nitrogens with one attached hydrogen (secondary N) is 1. The van der Waals surface area contributed by atoms with Gasteiger partial charge in [0.2, 0.25) is 0 Å². The standard InChI is InChI=1S/C26H29FN4O/c27-21-11-13-22(14-12-21)31-24-10-4-3-9-23(24)25(29-31)26(32)28-17-19-7-1-2-8-20(19)18-30-15-5-6-16-30/h1-2,7-8,11-14H,3-6,9-10,15-18H2,(H,28,32). The molecule has 2 heterocycles. The number of nitrogens with zero attached hydrogens (tertiary/aromatic N) is 3. The first kappa shape index (κ1) is 20.9. The molecule has 2 aliphatic rings. The van der Waals surface area contributed by atoms with E-state index in [1.54, 1.807) is 12.1 Å². The molecular weight excluding hydrogens is 403 g/mol. The van der Waals surface area contributed by atoms with Gasteiger partial charge < -0.3 is 5.32 Å². The fourth-order valence-electron chi connectivity index (χ4n) is 4.90. The number of carbonyl (C=O) groups is 1. The SMILES string of the molecule is O=C(NCc1ccccc1CN1CCCC1)c1nn(-c2ccc(F)cc2)c2c1CCCC2. The Morgan fingerprint density at radius 2 is 1.66 bits per heavy atom. The van der Waals surface area contributed by atoms with E-state index in [4.69, 9.17) is 0 Å². The van der Waals surface area contributed by atoms with E-state index in [2.05, 4.69) is 33.5 Å². The number of amides is 1. The number of aromatic nitrogens is 2. The summed E-state index contributed by atoms with van der Waals surface area (Å²) in [6, 6.07) is 14.6. The lowest BCUT2D eigenvalue weighted by Gasteiger charge is -2.18. The van der Waals surface area contributed by atoms with Gasteiger partial charge in [0.15, 0.2) is 5.69 Å². The van der Waals surface area contributed by atoms with Crippen LogP contribution in [0.15, 0.2) is 48.5 Å². The number of likely N-dealkylation sites (tertiary alicyclic amines) is 1. The second-order valence-corrected chi connectivity index (χ2v) is 8.80. The number of rotatable bonds is 6. The molecule has 166 valence electrons. The highest BCUT2D eigenvalue weighted by Gasteiger charge is 2.25. The first-order chi connectivity index (χ1) is 15.7. The lowest BCUT2D eigenvalue weighted by atomic mass is 9.95. The average Bonchev–Trinajstić information content (AvgIpc) is 3.47. The van der Waals surface area contributed by atoms with Crippen molar-refractivity contribution in [1.29, 1.82) is 0 Å². The minimum atomic E-state index is -0.277. The van der Waals surface area contributed by atoms with E-state index >= 15 is 0 Å². The van der Waals surface area contributed by atoms with Gasteiger partial charge in [-0.1, -0.05) is 24.3 Å². The minimum Gasteiger partial charge on any atom is -0.347 e. The molecule has 1 aromatic heterocycles. The van der Waals surface area contributed by atoms with Crippen molar-refractivity contribution in [3.05, 3.63) is 82.4 Å². The second-order valence-electron chi connectivity index (χ2n) is 8.80. The molecule has 0 spiro atoms. The summed E-state index contributed by atoms with van der Waals surface area (Å²) in [7, 11) is 0. The van der Waals surface area contributed by atoms with E-state index in [0.29, 0.717) is 12.2 Å². The molecule has 0 atom stereocenters. The highest BCUT2D eigenvalue weighted by atomic mass is 19.1. The Labute approximate surface area is 188 Å². The van der Waals surface area contributed by atoms with Gasteiger partial charge in [0.05, 0.1) is 5.69 Å². The lowest BCUT2D eigenvalue weighted by molar-refractivity contribution is 0.0944. The number of fused-ring (bicyclic) bond motifs is 1. The number of hydrogen-bond donors (Lipinski definition) is 1. The fourth-order valence-corrected chi connectivity index (χ4v) is 4.90. The number of hydrogen-bond acceptors (Lipinski definition) is 3. The van der Waals surface area contributed by atoms with Crippen molar-refractivity contribution >= 4 is 5.91 Å². The monoisotopic (exact) mass is 432 g/mol. The molecule has 1 aliphatic heterocycles. The van der Waals surface area contributed by atoms with Crippen molar-refractivity contribution in [1.82, 2.24) is 20.0 Å². The maximum absolute atomic E-state index is 13.4. The zero-order valence-electron chi connectivity index (χ0n) is 18.3. The molecule has 6 heteroatoms. The fraction of sp³-hybridized carbons (Fsp3) is 0.385. The zero-order chi connectivity index (χ0) is 21.9. The average molecular weight is 433 g/mol. The van der Waals surface area contributed by atoms with Crippen LogP contribution in [0.25, 0.3) is 5.69 Å². The molecule has 0 radical (unpaired) electrons. The summed E-state index contributed by atoms with van der Waals surface area (Å²) >= 11 is 0. The van der Waals surface area contributed by atoms with E-state index in [1.165, 1.54) is 30.5 Å². The molecule has 5 rings (SSSR count). The summed E-state index contributed by atoms with van der Waals surface area (Å²) in [5, 5.41) is 7.79. The van der Waals surface area contributed by atoms with Crippen LogP contribution in [-0.2, 0) is 25.9 Å². The van der Waals surface area contributed by atoms with Crippen LogP contribution in [0.4, 0.5) is 4.39 Å². The molecule has 1 fully saturated rings. The van der Waals surface area contributed by atoms with E-state index in [9.17, 15) is 9.18 Å². The van der Waals surface area contributed by atoms with Crippen molar-refractivity contribution in [3.8, 4) is 5.69 Å². The normalized spacial score (nSPS) is 16.2. The molecule has 32 heavy (non-hydrogen) atoms. The third kappa shape index (κ3) is 4.32. The second kappa shape index (κ2) is 9.25. The van der Waals surface area contributed by atoms with Crippen LogP contribution < -0.4 is 5.32 Å². The maximum atomic E-state index is 13.4. The quantitative estimate of drug-likeness (QED) is 0.628. The molecule has 1 aliphatic carbocycles. The van der Waals surface area contributed by atoms with Crippen LogP contribution in [0, 0.1) is 5.82 Å². The van der Waals surface area contributed by atoms with E-state index in [0.717, 1.165) is 67.8 Å². The van der Waals surface area contributed by atoms with E-state index in [-0.39, 0.29) is 11.7 Å². The predicted molar refractivity (Wildman–Crippen MR) is 122 cm³/mol. The van der Waals surface area contributed by atoms with E-state index < -0.39 is 0 Å². The van der Waals surface area contributed by atoms with Crippen LogP contribution in [0.5, 0.6) is 0 Å². The van der Waals surface area contributed by atoms with Gasteiger partial charge in [-0.3, -0.25) is 9.69 Å². The smallest absolute Gasteiger partial charge is 0.272 e. The van der Waals surface area contributed by atoms with Crippen molar-refractivity contribution in [3.63, 3.8) is 0 Å². The third-order valence-corrected chi connectivity index (χ3v) is 6.62. The Morgan fingerprint density at radius 1 is 0.938 bits per heavy atom. The Bertz CT molecular complexity index is 1100. The van der Waals surface area contributed by atoms with Crippen LogP contribution in [0.1, 0.15) is 58.6 Å². The molecule has 5 nitrogen and oxygen atoms in total. The highest BCUT2D eigenvalue weighted by molar-refractivity contribution is 5.94. The summed E-state index contributed by atoms with van der Waals surface area (Å²) in [5.41, 5.74) is 5.82. The van der Waals surface area contributed by atoms with Gasteiger partial charge in [0.1, 0.15) is 5.82 Å². The summed E-state index contributed by atoms with van der Waals surface area (Å²) < 4.78 is 15.2. The van der Waals surface area contributed by atoms with Crippen LogP contribution >= 0.6 is 0 Å². The van der Waals surface area contributed by atoms with Gasteiger partial charge in [-0.2, -0.15) is 5.10 Å². The number of benzene rings is 2. The van der Waals surface area contributed by atoms with Gasteiger partial charge in [0.25, 0.3) is 5.91 Å². The highest BCUT2D eigenvalue weighted by Crippen LogP contribution is 2.27.